The Bertz CT molecular complexity index is 522. The fraction of sp³-hybridized carbons (Fsp3) is 0.100. The van der Waals surface area contributed by atoms with Gasteiger partial charge in [0.2, 0.25) is 0 Å². The van der Waals surface area contributed by atoms with Gasteiger partial charge in [-0.1, -0.05) is 0 Å². The first kappa shape index (κ1) is 10.4. The van der Waals surface area contributed by atoms with Crippen molar-refractivity contribution < 1.29 is 8.78 Å². The maximum atomic E-state index is 13.1. The van der Waals surface area contributed by atoms with Crippen LogP contribution in [0.4, 0.5) is 25.8 Å². The first-order valence-electron chi connectivity index (χ1n) is 4.56. The number of halogens is 2. The zero-order chi connectivity index (χ0) is 11.7. The summed E-state index contributed by atoms with van der Waals surface area (Å²) in [7, 11) is 1.74. The quantitative estimate of drug-likeness (QED) is 0.767. The fourth-order valence-electron chi connectivity index (χ4n) is 1.33. The summed E-state index contributed by atoms with van der Waals surface area (Å²) in [6, 6.07) is 1.87. The Morgan fingerprint density at radius 2 is 2.12 bits per heavy atom. The lowest BCUT2D eigenvalue weighted by Gasteiger charge is -2.07. The predicted molar refractivity (Wildman–Crippen MR) is 57.3 cm³/mol. The monoisotopic (exact) mass is 224 g/mol. The molecule has 0 unspecified atom stereocenters. The number of aryl methyl sites for hydroxylation is 1. The van der Waals surface area contributed by atoms with Gasteiger partial charge in [-0.05, 0) is 6.07 Å². The number of hydrogen-bond donors (Lipinski definition) is 2. The van der Waals surface area contributed by atoms with E-state index in [4.69, 9.17) is 5.73 Å². The lowest BCUT2D eigenvalue weighted by Crippen LogP contribution is -1.99. The molecule has 1 aromatic carbocycles. The van der Waals surface area contributed by atoms with Crippen molar-refractivity contribution in [3.05, 3.63) is 36.2 Å². The molecule has 0 radical (unpaired) electrons. The van der Waals surface area contributed by atoms with Gasteiger partial charge in [0.05, 0.1) is 23.3 Å². The Morgan fingerprint density at radius 3 is 2.75 bits per heavy atom. The molecule has 4 nitrogen and oxygen atoms in total. The second kappa shape index (κ2) is 3.80. The Morgan fingerprint density at radius 1 is 1.38 bits per heavy atom. The first-order chi connectivity index (χ1) is 7.56. The van der Waals surface area contributed by atoms with Crippen molar-refractivity contribution in [1.29, 1.82) is 0 Å². The van der Waals surface area contributed by atoms with Crippen LogP contribution in [0.1, 0.15) is 0 Å². The lowest BCUT2D eigenvalue weighted by molar-refractivity contribution is 0.587. The molecule has 84 valence electrons. The molecule has 0 saturated carbocycles. The van der Waals surface area contributed by atoms with Gasteiger partial charge in [0, 0.05) is 19.3 Å². The number of aromatic nitrogens is 2. The second-order valence-electron chi connectivity index (χ2n) is 3.38. The molecule has 1 aromatic heterocycles. The number of nitrogens with one attached hydrogen (secondary N) is 1. The smallest absolute Gasteiger partial charge is 0.151 e. The summed E-state index contributed by atoms with van der Waals surface area (Å²) in [4.78, 5) is 0. The molecule has 1 heterocycles. The summed E-state index contributed by atoms with van der Waals surface area (Å²) in [5, 5.41) is 6.70. The Kier molecular flexibility index (Phi) is 2.47. The van der Waals surface area contributed by atoms with Crippen LogP contribution in [-0.2, 0) is 7.05 Å². The molecule has 0 spiro atoms. The van der Waals surface area contributed by atoms with E-state index in [2.05, 4.69) is 10.4 Å². The number of nitrogens with zero attached hydrogens (tertiary/aromatic N) is 2. The highest BCUT2D eigenvalue weighted by Crippen LogP contribution is 2.26. The van der Waals surface area contributed by atoms with Crippen molar-refractivity contribution in [1.82, 2.24) is 9.78 Å². The van der Waals surface area contributed by atoms with Gasteiger partial charge < -0.3 is 11.1 Å². The molecule has 0 saturated heterocycles. The van der Waals surface area contributed by atoms with Crippen molar-refractivity contribution in [2.24, 2.45) is 7.05 Å². The minimum atomic E-state index is -0.786. The van der Waals surface area contributed by atoms with Crippen molar-refractivity contribution in [2.45, 2.75) is 0 Å². The maximum Gasteiger partial charge on any atom is 0.151 e. The van der Waals surface area contributed by atoms with Crippen LogP contribution in [-0.4, -0.2) is 9.78 Å². The number of rotatable bonds is 2. The number of nitrogen functional groups attached to an aromatic ring is 1. The minimum absolute atomic E-state index is 0.120. The third-order valence-electron chi connectivity index (χ3n) is 2.08. The van der Waals surface area contributed by atoms with Crippen LogP contribution in [0.3, 0.4) is 0 Å². The molecule has 16 heavy (non-hydrogen) atoms. The van der Waals surface area contributed by atoms with Crippen LogP contribution >= 0.6 is 0 Å². The predicted octanol–water partition coefficient (Wildman–Crippen LogP) is 2.02. The molecule has 0 amide bonds. The van der Waals surface area contributed by atoms with Gasteiger partial charge >= 0.3 is 0 Å². The molecule has 2 aromatic rings. The second-order valence-corrected chi connectivity index (χ2v) is 3.38. The average molecular weight is 224 g/mol. The Hall–Kier alpha value is -2.11. The summed E-state index contributed by atoms with van der Waals surface area (Å²) >= 11 is 0. The van der Waals surface area contributed by atoms with E-state index in [1.54, 1.807) is 17.9 Å². The highest BCUT2D eigenvalue weighted by atomic mass is 19.1. The summed E-state index contributed by atoms with van der Waals surface area (Å²) in [6.45, 7) is 0. The van der Waals surface area contributed by atoms with Gasteiger partial charge in [-0.25, -0.2) is 8.78 Å². The normalized spacial score (nSPS) is 10.4. The maximum absolute atomic E-state index is 13.1. The van der Waals surface area contributed by atoms with E-state index in [1.807, 2.05) is 0 Å². The summed E-state index contributed by atoms with van der Waals surface area (Å²) in [6.07, 6.45) is 3.20. The average Bonchev–Trinajstić information content (AvgIpc) is 2.60. The van der Waals surface area contributed by atoms with Gasteiger partial charge in [-0.15, -0.1) is 0 Å². The zero-order valence-corrected chi connectivity index (χ0v) is 8.54. The number of anilines is 3. The molecular formula is C10H10F2N4. The SMILES string of the molecule is Cn1cc(Nc2cc(F)cc(F)c2N)cn1. The van der Waals surface area contributed by atoms with E-state index in [-0.39, 0.29) is 11.4 Å². The highest BCUT2D eigenvalue weighted by molar-refractivity contribution is 5.72. The van der Waals surface area contributed by atoms with Crippen LogP contribution in [0.5, 0.6) is 0 Å². The molecule has 0 aliphatic carbocycles. The van der Waals surface area contributed by atoms with E-state index in [9.17, 15) is 8.78 Å². The van der Waals surface area contributed by atoms with E-state index >= 15 is 0 Å². The van der Waals surface area contributed by atoms with Crippen LogP contribution in [0.25, 0.3) is 0 Å². The molecule has 3 N–H and O–H groups in total. The Labute approximate surface area is 90.7 Å². The van der Waals surface area contributed by atoms with Crippen molar-refractivity contribution in [2.75, 3.05) is 11.1 Å². The van der Waals surface area contributed by atoms with Crippen molar-refractivity contribution >= 4 is 17.1 Å². The van der Waals surface area contributed by atoms with Crippen LogP contribution < -0.4 is 11.1 Å². The highest BCUT2D eigenvalue weighted by Gasteiger charge is 2.08. The lowest BCUT2D eigenvalue weighted by atomic mass is 10.2. The number of hydrogen-bond acceptors (Lipinski definition) is 3. The third-order valence-corrected chi connectivity index (χ3v) is 2.08. The molecule has 2 rings (SSSR count). The molecule has 0 fully saturated rings. The van der Waals surface area contributed by atoms with Crippen LogP contribution in [0.2, 0.25) is 0 Å². The van der Waals surface area contributed by atoms with E-state index in [0.717, 1.165) is 12.1 Å². The topological polar surface area (TPSA) is 55.9 Å². The summed E-state index contributed by atoms with van der Waals surface area (Å²) in [5.41, 5.74) is 6.15. The van der Waals surface area contributed by atoms with Crippen LogP contribution in [0, 0.1) is 11.6 Å². The molecule has 0 bridgehead atoms. The molecule has 0 atom stereocenters. The molecule has 0 aliphatic heterocycles. The standard InChI is InChI=1S/C10H10F2N4/c1-16-5-7(4-14-16)15-9-3-6(11)2-8(12)10(9)13/h2-5,15H,13H2,1H3. The van der Waals surface area contributed by atoms with Crippen molar-refractivity contribution in [3.63, 3.8) is 0 Å². The number of benzene rings is 1. The van der Waals surface area contributed by atoms with Gasteiger partial charge in [-0.3, -0.25) is 4.68 Å². The Balaban J connectivity index is 2.34. The fourth-order valence-corrected chi connectivity index (χ4v) is 1.33. The van der Waals surface area contributed by atoms with Gasteiger partial charge in [0.15, 0.2) is 5.82 Å². The molecular weight excluding hydrogens is 214 g/mol. The van der Waals surface area contributed by atoms with Gasteiger partial charge in [0.1, 0.15) is 5.82 Å². The van der Waals surface area contributed by atoms with Crippen molar-refractivity contribution in [3.8, 4) is 0 Å². The first-order valence-corrected chi connectivity index (χ1v) is 4.56. The van der Waals surface area contributed by atoms with Gasteiger partial charge in [-0.2, -0.15) is 5.10 Å². The minimum Gasteiger partial charge on any atom is -0.395 e. The number of nitrogens with two attached hydrogens (primary N) is 1. The summed E-state index contributed by atoms with van der Waals surface area (Å²) in [5.74, 6) is -1.47. The van der Waals surface area contributed by atoms with Crippen LogP contribution in [0.15, 0.2) is 24.5 Å². The largest absolute Gasteiger partial charge is 0.395 e. The van der Waals surface area contributed by atoms with Gasteiger partial charge in [0.25, 0.3) is 0 Å². The third kappa shape index (κ3) is 1.95. The van der Waals surface area contributed by atoms with E-state index in [1.165, 1.54) is 6.20 Å². The zero-order valence-electron chi connectivity index (χ0n) is 8.54. The molecule has 0 aliphatic rings. The molecule has 6 heteroatoms. The summed E-state index contributed by atoms with van der Waals surface area (Å²) < 4.78 is 27.6. The van der Waals surface area contributed by atoms with E-state index in [0.29, 0.717) is 5.69 Å². The van der Waals surface area contributed by atoms with E-state index < -0.39 is 11.6 Å².